The first-order valence-electron chi connectivity index (χ1n) is 4.43. The number of aromatic amines is 1. The highest BCUT2D eigenvalue weighted by Gasteiger charge is 1.98. The quantitative estimate of drug-likeness (QED) is 0.680. The first-order chi connectivity index (χ1) is 7.24. The Morgan fingerprint density at radius 2 is 2.00 bits per heavy atom. The second-order valence-corrected chi connectivity index (χ2v) is 3.01. The van der Waals surface area contributed by atoms with E-state index in [0.29, 0.717) is 5.82 Å². The lowest BCUT2D eigenvalue weighted by molar-refractivity contribution is 1.14. The molecule has 1 aromatic heterocycles. The van der Waals surface area contributed by atoms with Crippen LogP contribution in [-0.4, -0.2) is 9.97 Å². The van der Waals surface area contributed by atoms with Gasteiger partial charge in [-0.3, -0.25) is 9.78 Å². The van der Waals surface area contributed by atoms with Crippen molar-refractivity contribution in [2.24, 2.45) is 0 Å². The van der Waals surface area contributed by atoms with E-state index in [9.17, 15) is 4.79 Å². The lowest BCUT2D eigenvalue weighted by Gasteiger charge is -2.04. The molecule has 1 heterocycles. The van der Waals surface area contributed by atoms with Gasteiger partial charge >= 0.3 is 0 Å². The monoisotopic (exact) mass is 202 g/mol. The van der Waals surface area contributed by atoms with E-state index >= 15 is 0 Å². The molecule has 15 heavy (non-hydrogen) atoms. The zero-order chi connectivity index (χ0) is 10.7. The number of H-pyrrole nitrogens is 1. The Labute approximate surface area is 86.0 Å². The average molecular weight is 202 g/mol. The SMILES string of the molecule is Nc1nc(Nc2ccccc2)cc(=O)[nH]1. The Balaban J connectivity index is 2.29. The molecule has 0 radical (unpaired) electrons. The lowest BCUT2D eigenvalue weighted by Crippen LogP contribution is -2.11. The van der Waals surface area contributed by atoms with Crippen LogP contribution in [0.25, 0.3) is 0 Å². The van der Waals surface area contributed by atoms with Crippen LogP contribution in [0, 0.1) is 0 Å². The number of hydrogen-bond donors (Lipinski definition) is 3. The second-order valence-electron chi connectivity index (χ2n) is 3.01. The van der Waals surface area contributed by atoms with Crippen molar-refractivity contribution < 1.29 is 0 Å². The van der Waals surface area contributed by atoms with Gasteiger partial charge in [0.15, 0.2) is 0 Å². The van der Waals surface area contributed by atoms with Crippen LogP contribution in [0.4, 0.5) is 17.5 Å². The first-order valence-corrected chi connectivity index (χ1v) is 4.43. The third kappa shape index (κ3) is 2.34. The second kappa shape index (κ2) is 3.83. The highest BCUT2D eigenvalue weighted by Crippen LogP contribution is 2.11. The van der Waals surface area contributed by atoms with Gasteiger partial charge in [0, 0.05) is 11.8 Å². The zero-order valence-corrected chi connectivity index (χ0v) is 7.90. The predicted octanol–water partition coefficient (Wildman–Crippen LogP) is 1.10. The van der Waals surface area contributed by atoms with E-state index in [2.05, 4.69) is 15.3 Å². The molecule has 4 N–H and O–H groups in total. The molecule has 0 bridgehead atoms. The van der Waals surface area contributed by atoms with Crippen molar-refractivity contribution in [3.63, 3.8) is 0 Å². The van der Waals surface area contributed by atoms with E-state index in [0.717, 1.165) is 5.69 Å². The average Bonchev–Trinajstić information content (AvgIpc) is 2.17. The van der Waals surface area contributed by atoms with Crippen LogP contribution in [0.1, 0.15) is 0 Å². The molecule has 0 amide bonds. The Hall–Kier alpha value is -2.30. The molecule has 5 heteroatoms. The summed E-state index contributed by atoms with van der Waals surface area (Å²) in [4.78, 5) is 17.4. The predicted molar refractivity (Wildman–Crippen MR) is 59.0 cm³/mol. The Morgan fingerprint density at radius 1 is 1.27 bits per heavy atom. The summed E-state index contributed by atoms with van der Waals surface area (Å²) < 4.78 is 0. The molecule has 0 aliphatic heterocycles. The van der Waals surface area contributed by atoms with Gasteiger partial charge in [-0.25, -0.2) is 0 Å². The van der Waals surface area contributed by atoms with Gasteiger partial charge in [-0.05, 0) is 12.1 Å². The van der Waals surface area contributed by atoms with Crippen molar-refractivity contribution >= 4 is 17.5 Å². The van der Waals surface area contributed by atoms with Gasteiger partial charge < -0.3 is 11.1 Å². The molecule has 0 unspecified atom stereocenters. The fraction of sp³-hybridized carbons (Fsp3) is 0. The molecular formula is C10H10N4O. The van der Waals surface area contributed by atoms with Crippen molar-refractivity contribution in [2.75, 3.05) is 11.1 Å². The van der Waals surface area contributed by atoms with Crippen LogP contribution < -0.4 is 16.6 Å². The minimum atomic E-state index is -0.277. The van der Waals surface area contributed by atoms with Gasteiger partial charge in [-0.15, -0.1) is 0 Å². The van der Waals surface area contributed by atoms with Gasteiger partial charge in [-0.1, -0.05) is 18.2 Å². The molecule has 0 saturated carbocycles. The van der Waals surface area contributed by atoms with Crippen LogP contribution in [0.3, 0.4) is 0 Å². The largest absolute Gasteiger partial charge is 0.369 e. The van der Waals surface area contributed by atoms with Gasteiger partial charge in [0.25, 0.3) is 5.56 Å². The van der Waals surface area contributed by atoms with Crippen molar-refractivity contribution in [2.45, 2.75) is 0 Å². The Bertz CT molecular complexity index is 506. The normalized spacial score (nSPS) is 9.87. The minimum absolute atomic E-state index is 0.0981. The van der Waals surface area contributed by atoms with E-state index in [1.54, 1.807) is 0 Å². The summed E-state index contributed by atoms with van der Waals surface area (Å²) >= 11 is 0. The lowest BCUT2D eigenvalue weighted by atomic mass is 10.3. The Morgan fingerprint density at radius 3 is 2.67 bits per heavy atom. The third-order valence-electron chi connectivity index (χ3n) is 1.81. The number of nitrogens with one attached hydrogen (secondary N) is 2. The number of anilines is 3. The number of nitrogens with zero attached hydrogens (tertiary/aromatic N) is 1. The number of nitrogen functional groups attached to an aromatic ring is 1. The van der Waals surface area contributed by atoms with E-state index in [1.807, 2.05) is 30.3 Å². The van der Waals surface area contributed by atoms with Gasteiger partial charge in [0.2, 0.25) is 5.95 Å². The summed E-state index contributed by atoms with van der Waals surface area (Å²) in [7, 11) is 0. The maximum Gasteiger partial charge on any atom is 0.254 e. The fourth-order valence-electron chi connectivity index (χ4n) is 1.21. The first kappa shape index (κ1) is 9.26. The van der Waals surface area contributed by atoms with Gasteiger partial charge in [0.05, 0.1) is 0 Å². The molecule has 0 aliphatic carbocycles. The summed E-state index contributed by atoms with van der Waals surface area (Å²) in [6.07, 6.45) is 0. The van der Waals surface area contributed by atoms with E-state index in [4.69, 9.17) is 5.73 Å². The molecule has 1 aromatic carbocycles. The van der Waals surface area contributed by atoms with Crippen LogP contribution in [-0.2, 0) is 0 Å². The van der Waals surface area contributed by atoms with Crippen molar-refractivity contribution in [3.8, 4) is 0 Å². The molecule has 2 rings (SSSR count). The van der Waals surface area contributed by atoms with Crippen LogP contribution in [0.2, 0.25) is 0 Å². The molecule has 0 spiro atoms. The summed E-state index contributed by atoms with van der Waals surface area (Å²) in [5.41, 5.74) is 5.99. The summed E-state index contributed by atoms with van der Waals surface area (Å²) in [5.74, 6) is 0.531. The van der Waals surface area contributed by atoms with Crippen LogP contribution >= 0.6 is 0 Å². The van der Waals surface area contributed by atoms with E-state index in [1.165, 1.54) is 6.07 Å². The molecule has 0 atom stereocenters. The number of nitrogens with two attached hydrogens (primary N) is 1. The molecule has 5 nitrogen and oxygen atoms in total. The maximum atomic E-state index is 11.1. The topological polar surface area (TPSA) is 83.8 Å². The summed E-state index contributed by atoms with van der Waals surface area (Å²) in [6, 6.07) is 10.8. The number of aromatic nitrogens is 2. The molecule has 76 valence electrons. The summed E-state index contributed by atoms with van der Waals surface area (Å²) in [6.45, 7) is 0. The highest BCUT2D eigenvalue weighted by atomic mass is 16.1. The molecule has 2 aromatic rings. The zero-order valence-electron chi connectivity index (χ0n) is 7.90. The molecule has 0 aliphatic rings. The molecule has 0 fully saturated rings. The van der Waals surface area contributed by atoms with E-state index < -0.39 is 0 Å². The Kier molecular flexibility index (Phi) is 2.37. The third-order valence-corrected chi connectivity index (χ3v) is 1.81. The number of rotatable bonds is 2. The minimum Gasteiger partial charge on any atom is -0.369 e. The smallest absolute Gasteiger partial charge is 0.254 e. The number of benzene rings is 1. The van der Waals surface area contributed by atoms with Gasteiger partial charge in [0.1, 0.15) is 5.82 Å². The number of para-hydroxylation sites is 1. The number of hydrogen-bond acceptors (Lipinski definition) is 4. The maximum absolute atomic E-state index is 11.1. The van der Waals surface area contributed by atoms with Crippen molar-refractivity contribution in [1.29, 1.82) is 0 Å². The van der Waals surface area contributed by atoms with Crippen LogP contribution in [0.5, 0.6) is 0 Å². The van der Waals surface area contributed by atoms with Crippen molar-refractivity contribution in [1.82, 2.24) is 9.97 Å². The molecule has 0 saturated heterocycles. The fourth-order valence-corrected chi connectivity index (χ4v) is 1.21. The molecular weight excluding hydrogens is 192 g/mol. The standard InChI is InChI=1S/C10H10N4O/c11-10-13-8(6-9(15)14-10)12-7-4-2-1-3-5-7/h1-6H,(H4,11,12,13,14,15). The van der Waals surface area contributed by atoms with Crippen molar-refractivity contribution in [3.05, 3.63) is 46.8 Å². The highest BCUT2D eigenvalue weighted by molar-refractivity contribution is 5.56. The summed E-state index contributed by atoms with van der Waals surface area (Å²) in [5, 5.41) is 2.97. The van der Waals surface area contributed by atoms with Gasteiger partial charge in [-0.2, -0.15) is 4.98 Å². The van der Waals surface area contributed by atoms with Crippen LogP contribution in [0.15, 0.2) is 41.2 Å². The van der Waals surface area contributed by atoms with E-state index in [-0.39, 0.29) is 11.5 Å².